The topological polar surface area (TPSA) is 49.9 Å². The van der Waals surface area contributed by atoms with Crippen LogP contribution in [0.2, 0.25) is 0 Å². The van der Waals surface area contributed by atoms with Gasteiger partial charge in [0.15, 0.2) is 0 Å². The molecular formula is C23H30BN3O2. The van der Waals surface area contributed by atoms with Gasteiger partial charge in [0, 0.05) is 23.4 Å². The quantitative estimate of drug-likeness (QED) is 0.620. The van der Waals surface area contributed by atoms with E-state index in [2.05, 4.69) is 92.8 Å². The second kappa shape index (κ2) is 7.32. The Bertz CT molecular complexity index is 1030. The molecule has 4 rings (SSSR count). The van der Waals surface area contributed by atoms with Gasteiger partial charge in [0.1, 0.15) is 5.49 Å². The summed E-state index contributed by atoms with van der Waals surface area (Å²) in [6.45, 7) is 9.08. The molecule has 0 bridgehead atoms. The smallest absolute Gasteiger partial charge is 0.400 e. The van der Waals surface area contributed by atoms with Crippen LogP contribution in [0.3, 0.4) is 0 Å². The number of likely N-dealkylation sites (N-methyl/N-ethyl adjacent to an activating group) is 1. The van der Waals surface area contributed by atoms with Crippen LogP contribution >= 0.6 is 0 Å². The van der Waals surface area contributed by atoms with Crippen molar-refractivity contribution in [2.45, 2.75) is 57.8 Å². The fraction of sp³-hybridized carbons (Fsp3) is 0.522. The number of H-pyrrole nitrogens is 1. The molecule has 0 radical (unpaired) electrons. The van der Waals surface area contributed by atoms with Gasteiger partial charge in [0.25, 0.3) is 0 Å². The lowest BCUT2D eigenvalue weighted by molar-refractivity contribution is 0.00578. The van der Waals surface area contributed by atoms with E-state index < -0.39 is 0 Å². The number of nitrogens with zero attached hydrogens (tertiary/aromatic N) is 2. The first-order chi connectivity index (χ1) is 13.7. The molecule has 0 amide bonds. The molecule has 1 N–H and O–H groups in total. The zero-order chi connectivity index (χ0) is 20.8. The van der Waals surface area contributed by atoms with E-state index in [0.29, 0.717) is 6.04 Å². The maximum absolute atomic E-state index is 6.28. The lowest BCUT2D eigenvalue weighted by Gasteiger charge is -2.32. The molecule has 1 aromatic heterocycles. The zero-order valence-electron chi connectivity index (χ0n) is 18.3. The minimum atomic E-state index is -0.345. The second-order valence-electron chi connectivity index (χ2n) is 9.23. The predicted molar refractivity (Wildman–Crippen MR) is 117 cm³/mol. The van der Waals surface area contributed by atoms with E-state index in [1.54, 1.807) is 0 Å². The van der Waals surface area contributed by atoms with Gasteiger partial charge in [-0.25, -0.2) is 0 Å². The Balaban J connectivity index is 1.61. The highest BCUT2D eigenvalue weighted by Crippen LogP contribution is 2.39. The first-order valence-electron chi connectivity index (χ1n) is 10.4. The van der Waals surface area contributed by atoms with E-state index in [-0.39, 0.29) is 18.3 Å². The van der Waals surface area contributed by atoms with Crippen LogP contribution in [0, 0.1) is 11.8 Å². The van der Waals surface area contributed by atoms with Crippen molar-refractivity contribution in [3.63, 3.8) is 0 Å². The first-order valence-corrected chi connectivity index (χ1v) is 10.4. The van der Waals surface area contributed by atoms with E-state index in [1.807, 2.05) is 0 Å². The van der Waals surface area contributed by atoms with Crippen molar-refractivity contribution in [3.8, 4) is 11.8 Å². The third-order valence-corrected chi connectivity index (χ3v) is 6.41. The zero-order valence-corrected chi connectivity index (χ0v) is 18.3. The monoisotopic (exact) mass is 391 g/mol. The van der Waals surface area contributed by atoms with E-state index in [9.17, 15) is 0 Å². The maximum Gasteiger partial charge on any atom is 0.491 e. The SMILES string of the molecule is CN(C)C1C=CC(C#Cc2cc3c([nH]2)=NCCC=3B2OC(C)(C)C(C)(C)O2)=CC1. The van der Waals surface area contributed by atoms with E-state index in [4.69, 9.17) is 9.31 Å². The Kier molecular flexibility index (Phi) is 5.10. The molecule has 0 saturated carbocycles. The van der Waals surface area contributed by atoms with Gasteiger partial charge in [-0.2, -0.15) is 0 Å². The van der Waals surface area contributed by atoms with Crippen molar-refractivity contribution in [1.29, 1.82) is 0 Å². The van der Waals surface area contributed by atoms with Gasteiger partial charge >= 0.3 is 7.12 Å². The maximum atomic E-state index is 6.28. The van der Waals surface area contributed by atoms with Crippen molar-refractivity contribution in [3.05, 3.63) is 46.3 Å². The number of allylic oxidation sites excluding steroid dienone is 2. The Morgan fingerprint density at radius 2 is 1.90 bits per heavy atom. The van der Waals surface area contributed by atoms with Crippen molar-refractivity contribution in [1.82, 2.24) is 9.88 Å². The minimum absolute atomic E-state index is 0.335. The van der Waals surface area contributed by atoms with Crippen molar-refractivity contribution in [2.24, 2.45) is 4.99 Å². The van der Waals surface area contributed by atoms with Gasteiger partial charge in [-0.3, -0.25) is 4.99 Å². The summed E-state index contributed by atoms with van der Waals surface area (Å²) in [6.07, 6.45) is 8.35. The van der Waals surface area contributed by atoms with Gasteiger partial charge in [0.05, 0.1) is 16.9 Å². The molecular weight excluding hydrogens is 361 g/mol. The van der Waals surface area contributed by atoms with E-state index >= 15 is 0 Å². The molecule has 1 unspecified atom stereocenters. The van der Waals surface area contributed by atoms with Gasteiger partial charge in [-0.1, -0.05) is 18.1 Å². The summed E-state index contributed by atoms with van der Waals surface area (Å²) in [5.74, 6) is 6.54. The van der Waals surface area contributed by atoms with E-state index in [0.717, 1.165) is 46.8 Å². The summed E-state index contributed by atoms with van der Waals surface area (Å²) >= 11 is 0. The lowest BCUT2D eigenvalue weighted by atomic mass is 9.74. The summed E-state index contributed by atoms with van der Waals surface area (Å²) in [7, 11) is 3.86. The fourth-order valence-electron chi connectivity index (χ4n) is 3.76. The lowest BCUT2D eigenvalue weighted by Crippen LogP contribution is -2.41. The van der Waals surface area contributed by atoms with Crippen LogP contribution in [0.1, 0.15) is 46.2 Å². The number of hydrogen-bond acceptors (Lipinski definition) is 4. The number of rotatable bonds is 2. The molecule has 6 heteroatoms. The fourth-order valence-corrected chi connectivity index (χ4v) is 3.76. The first kappa shape index (κ1) is 20.2. The summed E-state index contributed by atoms with van der Waals surface area (Å²) in [4.78, 5) is 10.2. The van der Waals surface area contributed by atoms with Crippen LogP contribution in [0.4, 0.5) is 0 Å². The van der Waals surface area contributed by atoms with Crippen LogP contribution in [0.5, 0.6) is 0 Å². The Labute approximate surface area is 173 Å². The standard InChI is InChI=1S/C23H30BN3O2/c1-22(2)23(3,4)29-24(28-22)20-13-14-25-21-19(20)15-17(26-21)10-7-16-8-11-18(12-9-16)27(5)6/h8-9,11,15,18H,12-14H2,1-6H3,(H,25,26). The van der Waals surface area contributed by atoms with E-state index in [1.165, 1.54) is 0 Å². The van der Waals surface area contributed by atoms with Crippen LogP contribution in [0.25, 0.3) is 5.47 Å². The predicted octanol–water partition coefficient (Wildman–Crippen LogP) is 1.99. The number of aromatic amines is 1. The summed E-state index contributed by atoms with van der Waals surface area (Å²) in [5, 5.41) is 1.07. The number of fused-ring (bicyclic) bond motifs is 1. The molecule has 0 aromatic carbocycles. The molecule has 29 heavy (non-hydrogen) atoms. The highest BCUT2D eigenvalue weighted by atomic mass is 16.7. The summed E-state index contributed by atoms with van der Waals surface area (Å²) in [5.41, 5.74) is 3.28. The van der Waals surface area contributed by atoms with Crippen LogP contribution < -0.4 is 10.7 Å². The van der Waals surface area contributed by atoms with Gasteiger partial charge in [-0.05, 0) is 78.2 Å². The van der Waals surface area contributed by atoms with Gasteiger partial charge < -0.3 is 19.2 Å². The molecule has 3 heterocycles. The highest BCUT2D eigenvalue weighted by molar-refractivity contribution is 6.66. The van der Waals surface area contributed by atoms with Gasteiger partial charge in [-0.15, -0.1) is 0 Å². The minimum Gasteiger partial charge on any atom is -0.400 e. The Hall–Kier alpha value is -2.07. The molecule has 1 aliphatic carbocycles. The van der Waals surface area contributed by atoms with Crippen LogP contribution in [0.15, 0.2) is 34.9 Å². The van der Waals surface area contributed by atoms with Crippen LogP contribution in [-0.2, 0) is 9.31 Å². The molecule has 1 aromatic rings. The molecule has 1 saturated heterocycles. The van der Waals surface area contributed by atoms with Crippen molar-refractivity contribution in [2.75, 3.05) is 20.6 Å². The molecule has 152 valence electrons. The molecule has 1 fully saturated rings. The largest absolute Gasteiger partial charge is 0.491 e. The number of hydrogen-bond donors (Lipinski definition) is 1. The van der Waals surface area contributed by atoms with Crippen LogP contribution in [-0.4, -0.2) is 54.9 Å². The molecule has 0 spiro atoms. The van der Waals surface area contributed by atoms with Gasteiger partial charge in [0.2, 0.25) is 0 Å². The summed E-state index contributed by atoms with van der Waals surface area (Å²) in [6, 6.07) is 2.54. The Morgan fingerprint density at radius 1 is 1.17 bits per heavy atom. The summed E-state index contributed by atoms with van der Waals surface area (Å²) < 4.78 is 12.6. The molecule has 3 aliphatic rings. The highest BCUT2D eigenvalue weighted by Gasteiger charge is 2.52. The number of nitrogens with one attached hydrogen (secondary N) is 1. The average Bonchev–Trinajstić information content (AvgIpc) is 3.17. The molecule has 1 atom stereocenters. The molecule has 2 aliphatic heterocycles. The number of aromatic nitrogens is 1. The van der Waals surface area contributed by atoms with Crippen molar-refractivity contribution >= 4 is 12.6 Å². The normalized spacial score (nSPS) is 24.7. The third-order valence-electron chi connectivity index (χ3n) is 6.41. The second-order valence-corrected chi connectivity index (χ2v) is 9.23. The molecule has 5 nitrogen and oxygen atoms in total. The average molecular weight is 391 g/mol. The third kappa shape index (κ3) is 3.87. The van der Waals surface area contributed by atoms with Crippen molar-refractivity contribution < 1.29 is 9.31 Å². The Morgan fingerprint density at radius 3 is 2.52 bits per heavy atom.